The SMILES string of the molecule is COc1ccc(C=N[C@@H](c2ccccc2)[C@@H](O)c2ccccc2)cc1. The highest BCUT2D eigenvalue weighted by Crippen LogP contribution is 2.32. The fraction of sp³-hybridized carbons (Fsp3) is 0.136. The molecule has 0 saturated carbocycles. The molecule has 0 aliphatic rings. The largest absolute Gasteiger partial charge is 0.497 e. The van der Waals surface area contributed by atoms with Gasteiger partial charge in [0.15, 0.2) is 0 Å². The maximum Gasteiger partial charge on any atom is 0.118 e. The van der Waals surface area contributed by atoms with Gasteiger partial charge in [0.2, 0.25) is 0 Å². The maximum absolute atomic E-state index is 10.9. The van der Waals surface area contributed by atoms with Gasteiger partial charge in [-0.25, -0.2) is 0 Å². The maximum atomic E-state index is 10.9. The number of ether oxygens (including phenoxy) is 1. The van der Waals surface area contributed by atoms with Crippen LogP contribution >= 0.6 is 0 Å². The Morgan fingerprint density at radius 1 is 0.800 bits per heavy atom. The molecular weight excluding hydrogens is 310 g/mol. The molecule has 0 spiro atoms. The third-order valence-corrected chi connectivity index (χ3v) is 4.08. The molecule has 0 saturated heterocycles. The van der Waals surface area contributed by atoms with Gasteiger partial charge in [0.05, 0.1) is 7.11 Å². The van der Waals surface area contributed by atoms with Crippen molar-refractivity contribution in [3.05, 3.63) is 102 Å². The fourth-order valence-corrected chi connectivity index (χ4v) is 2.69. The average molecular weight is 331 g/mol. The number of hydrogen-bond acceptors (Lipinski definition) is 3. The van der Waals surface area contributed by atoms with Crippen molar-refractivity contribution in [2.45, 2.75) is 12.1 Å². The Bertz CT molecular complexity index is 798. The Morgan fingerprint density at radius 3 is 1.92 bits per heavy atom. The smallest absolute Gasteiger partial charge is 0.118 e. The lowest BCUT2D eigenvalue weighted by molar-refractivity contribution is 0.148. The number of aliphatic hydroxyl groups excluding tert-OH is 1. The molecule has 3 heteroatoms. The van der Waals surface area contributed by atoms with Crippen molar-refractivity contribution in [1.82, 2.24) is 0 Å². The van der Waals surface area contributed by atoms with E-state index >= 15 is 0 Å². The van der Waals surface area contributed by atoms with Crippen LogP contribution in [0.2, 0.25) is 0 Å². The Kier molecular flexibility index (Phi) is 5.60. The van der Waals surface area contributed by atoms with Crippen LogP contribution in [0.3, 0.4) is 0 Å². The van der Waals surface area contributed by atoms with Gasteiger partial charge in [-0.15, -0.1) is 0 Å². The summed E-state index contributed by atoms with van der Waals surface area (Å²) in [5.74, 6) is 0.807. The topological polar surface area (TPSA) is 41.8 Å². The lowest BCUT2D eigenvalue weighted by atomic mass is 9.96. The zero-order valence-electron chi connectivity index (χ0n) is 14.1. The minimum Gasteiger partial charge on any atom is -0.497 e. The van der Waals surface area contributed by atoms with E-state index in [9.17, 15) is 5.11 Å². The van der Waals surface area contributed by atoms with Crippen LogP contribution < -0.4 is 4.74 Å². The summed E-state index contributed by atoms with van der Waals surface area (Å²) in [5.41, 5.74) is 2.79. The van der Waals surface area contributed by atoms with E-state index in [2.05, 4.69) is 4.99 Å². The van der Waals surface area contributed by atoms with Crippen LogP contribution in [0.15, 0.2) is 89.9 Å². The van der Waals surface area contributed by atoms with Crippen LogP contribution in [0, 0.1) is 0 Å². The summed E-state index contributed by atoms with van der Waals surface area (Å²) in [6.07, 6.45) is 1.08. The van der Waals surface area contributed by atoms with Crippen molar-refractivity contribution >= 4 is 6.21 Å². The molecule has 25 heavy (non-hydrogen) atoms. The van der Waals surface area contributed by atoms with Crippen LogP contribution in [-0.2, 0) is 0 Å². The summed E-state index contributed by atoms with van der Waals surface area (Å²) >= 11 is 0. The van der Waals surface area contributed by atoms with E-state index < -0.39 is 6.10 Å². The van der Waals surface area contributed by atoms with Crippen LogP contribution in [0.25, 0.3) is 0 Å². The minimum atomic E-state index is -0.710. The summed E-state index contributed by atoms with van der Waals surface area (Å²) in [6, 6.07) is 26.8. The van der Waals surface area contributed by atoms with Gasteiger partial charge in [-0.05, 0) is 41.0 Å². The molecule has 3 rings (SSSR count). The van der Waals surface area contributed by atoms with Gasteiger partial charge >= 0.3 is 0 Å². The summed E-state index contributed by atoms with van der Waals surface area (Å²) in [7, 11) is 1.64. The predicted octanol–water partition coefficient (Wildman–Crippen LogP) is 4.59. The van der Waals surface area contributed by atoms with E-state index in [4.69, 9.17) is 4.74 Å². The standard InChI is InChI=1S/C22H21NO2/c1-25-20-14-12-17(13-15-20)16-23-21(18-8-4-2-5-9-18)22(24)19-10-6-3-7-11-19/h2-16,21-22,24H,1H3/t21-,22-/m0/s1. The van der Waals surface area contributed by atoms with E-state index in [1.54, 1.807) is 13.3 Å². The second-order valence-electron chi connectivity index (χ2n) is 5.76. The summed E-state index contributed by atoms with van der Waals surface area (Å²) in [4.78, 5) is 4.68. The molecule has 0 heterocycles. The molecule has 1 N–H and O–H groups in total. The highest BCUT2D eigenvalue weighted by molar-refractivity contribution is 5.80. The van der Waals surface area contributed by atoms with Gasteiger partial charge < -0.3 is 9.84 Å². The third-order valence-electron chi connectivity index (χ3n) is 4.08. The van der Waals surface area contributed by atoms with E-state index in [0.29, 0.717) is 0 Å². The zero-order valence-corrected chi connectivity index (χ0v) is 14.1. The quantitative estimate of drug-likeness (QED) is 0.671. The van der Waals surface area contributed by atoms with Gasteiger partial charge in [0.1, 0.15) is 17.9 Å². The Morgan fingerprint density at radius 2 is 1.36 bits per heavy atom. The van der Waals surface area contributed by atoms with Crippen LogP contribution in [0.4, 0.5) is 0 Å². The fourth-order valence-electron chi connectivity index (χ4n) is 2.69. The predicted molar refractivity (Wildman–Crippen MR) is 101 cm³/mol. The summed E-state index contributed by atoms with van der Waals surface area (Å²) in [5, 5.41) is 10.9. The van der Waals surface area contributed by atoms with Crippen LogP contribution in [0.1, 0.15) is 28.8 Å². The number of methoxy groups -OCH3 is 1. The molecule has 0 bridgehead atoms. The molecular formula is C22H21NO2. The van der Waals surface area contributed by atoms with Crippen molar-refractivity contribution < 1.29 is 9.84 Å². The molecule has 0 aliphatic carbocycles. The first-order valence-corrected chi connectivity index (χ1v) is 8.23. The molecule has 0 fully saturated rings. The van der Waals surface area contributed by atoms with Crippen LogP contribution in [-0.4, -0.2) is 18.4 Å². The van der Waals surface area contributed by atoms with Crippen molar-refractivity contribution in [2.24, 2.45) is 4.99 Å². The van der Waals surface area contributed by atoms with Crippen molar-refractivity contribution in [2.75, 3.05) is 7.11 Å². The summed E-state index contributed by atoms with van der Waals surface area (Å²) < 4.78 is 5.18. The first-order chi connectivity index (χ1) is 12.3. The highest BCUT2D eigenvalue weighted by atomic mass is 16.5. The average Bonchev–Trinajstić information content (AvgIpc) is 2.70. The normalized spacial score (nSPS) is 13.5. The first kappa shape index (κ1) is 16.9. The second kappa shape index (κ2) is 8.27. The van der Waals surface area contributed by atoms with E-state index in [1.165, 1.54) is 0 Å². The molecule has 3 aromatic carbocycles. The third kappa shape index (κ3) is 4.34. The zero-order chi connectivity index (χ0) is 17.5. The Balaban J connectivity index is 1.89. The monoisotopic (exact) mass is 331 g/mol. The van der Waals surface area contributed by atoms with E-state index in [0.717, 1.165) is 22.4 Å². The number of aliphatic imine (C=N–C) groups is 1. The van der Waals surface area contributed by atoms with E-state index in [-0.39, 0.29) is 6.04 Å². The lowest BCUT2D eigenvalue weighted by Crippen LogP contribution is -2.09. The molecule has 0 amide bonds. The van der Waals surface area contributed by atoms with Crippen molar-refractivity contribution in [3.8, 4) is 5.75 Å². The molecule has 126 valence electrons. The first-order valence-electron chi connectivity index (χ1n) is 8.23. The number of nitrogens with zero attached hydrogens (tertiary/aromatic N) is 1. The van der Waals surface area contributed by atoms with Gasteiger partial charge in [-0.3, -0.25) is 4.99 Å². The minimum absolute atomic E-state index is 0.370. The Labute approximate surface area is 148 Å². The van der Waals surface area contributed by atoms with Gasteiger partial charge in [0, 0.05) is 6.21 Å². The molecule has 0 radical (unpaired) electrons. The van der Waals surface area contributed by atoms with Gasteiger partial charge in [-0.1, -0.05) is 60.7 Å². The molecule has 2 atom stereocenters. The number of rotatable bonds is 6. The van der Waals surface area contributed by atoms with Gasteiger partial charge in [-0.2, -0.15) is 0 Å². The second-order valence-corrected chi connectivity index (χ2v) is 5.76. The van der Waals surface area contributed by atoms with Crippen molar-refractivity contribution in [1.29, 1.82) is 0 Å². The number of hydrogen-bond donors (Lipinski definition) is 1. The van der Waals surface area contributed by atoms with Gasteiger partial charge in [0.25, 0.3) is 0 Å². The number of aliphatic hydroxyl groups is 1. The molecule has 3 nitrogen and oxygen atoms in total. The highest BCUT2D eigenvalue weighted by Gasteiger charge is 2.21. The van der Waals surface area contributed by atoms with Crippen molar-refractivity contribution in [3.63, 3.8) is 0 Å². The van der Waals surface area contributed by atoms with E-state index in [1.807, 2.05) is 84.9 Å². The number of benzene rings is 3. The molecule has 3 aromatic rings. The summed E-state index contributed by atoms with van der Waals surface area (Å²) in [6.45, 7) is 0. The van der Waals surface area contributed by atoms with Crippen LogP contribution in [0.5, 0.6) is 5.75 Å². The molecule has 0 aliphatic heterocycles. The molecule has 0 aromatic heterocycles. The molecule has 0 unspecified atom stereocenters. The Hall–Kier alpha value is -2.91. The lowest BCUT2D eigenvalue weighted by Gasteiger charge is -2.20.